The standard InChI is InChI=1S/C20H26BN5O5S/c1-20(2,3)16(13-7-6-10-31-13)23-18-17(24-32(29,30)25-18)22-12-9-8-11(21)14(15(12)27)19(28)26(4)5/h6-10,16,27H,21H2,1-5H3,(H,22,24)(H,23,25)/t16-/m0/s1. The van der Waals surface area contributed by atoms with Gasteiger partial charge in [0.15, 0.2) is 17.4 Å². The Morgan fingerprint density at radius 2 is 1.84 bits per heavy atom. The molecule has 1 atom stereocenters. The Balaban J connectivity index is 1.97. The summed E-state index contributed by atoms with van der Waals surface area (Å²) in [6.07, 6.45) is 1.53. The molecule has 1 amide bonds. The third kappa shape index (κ3) is 4.80. The van der Waals surface area contributed by atoms with Crippen LogP contribution < -0.4 is 16.1 Å². The number of amidine groups is 2. The number of rotatable bonds is 4. The quantitative estimate of drug-likeness (QED) is 0.454. The maximum absolute atomic E-state index is 12.5. The Labute approximate surface area is 188 Å². The first-order valence-corrected chi connectivity index (χ1v) is 11.3. The van der Waals surface area contributed by atoms with Crippen molar-refractivity contribution >= 4 is 46.8 Å². The second-order valence-electron chi connectivity index (χ2n) is 8.76. The first-order valence-electron chi connectivity index (χ1n) is 9.86. The molecule has 1 aliphatic rings. The Morgan fingerprint density at radius 1 is 1.19 bits per heavy atom. The van der Waals surface area contributed by atoms with Crippen LogP contribution in [0.1, 0.15) is 42.9 Å². The maximum Gasteiger partial charge on any atom is 0.367 e. The van der Waals surface area contributed by atoms with E-state index in [4.69, 9.17) is 4.42 Å². The summed E-state index contributed by atoms with van der Waals surface area (Å²) in [5, 5.41) is 16.6. The minimum atomic E-state index is -4.12. The number of hydrogen-bond acceptors (Lipinski definition) is 7. The van der Waals surface area contributed by atoms with E-state index in [1.807, 2.05) is 20.8 Å². The number of amides is 1. The highest BCUT2D eigenvalue weighted by atomic mass is 32.2. The number of hydrogen-bond donors (Lipinski definition) is 3. The van der Waals surface area contributed by atoms with Gasteiger partial charge in [0.1, 0.15) is 13.6 Å². The van der Waals surface area contributed by atoms with Gasteiger partial charge in [-0.25, -0.2) is 0 Å². The number of anilines is 1. The first-order chi connectivity index (χ1) is 14.8. The SMILES string of the molecule is Bc1ccc(NC2=NS(=O)(=O)N=C2N[C@@H](c2ccco2)C(C)(C)C)c(O)c1C(=O)N(C)C. The van der Waals surface area contributed by atoms with Crippen molar-refractivity contribution in [2.45, 2.75) is 26.8 Å². The molecule has 2 heterocycles. The largest absolute Gasteiger partial charge is 0.505 e. The molecule has 3 rings (SSSR count). The van der Waals surface area contributed by atoms with Crippen LogP contribution in [0.4, 0.5) is 5.69 Å². The van der Waals surface area contributed by atoms with E-state index in [9.17, 15) is 18.3 Å². The fraction of sp³-hybridized carbons (Fsp3) is 0.350. The minimum absolute atomic E-state index is 0.0261. The number of carbonyl (C=O) groups excluding carboxylic acids is 1. The summed E-state index contributed by atoms with van der Waals surface area (Å²) in [5.41, 5.74) is 0.438. The molecule has 3 N–H and O–H groups in total. The van der Waals surface area contributed by atoms with E-state index in [1.165, 1.54) is 17.2 Å². The monoisotopic (exact) mass is 459 g/mol. The van der Waals surface area contributed by atoms with Gasteiger partial charge in [-0.2, -0.15) is 8.42 Å². The average Bonchev–Trinajstić information content (AvgIpc) is 3.28. The van der Waals surface area contributed by atoms with E-state index >= 15 is 0 Å². The molecule has 10 nitrogen and oxygen atoms in total. The van der Waals surface area contributed by atoms with Gasteiger partial charge in [0.2, 0.25) is 0 Å². The van der Waals surface area contributed by atoms with Crippen LogP contribution in [-0.4, -0.2) is 57.9 Å². The van der Waals surface area contributed by atoms with Crippen LogP contribution in [0.3, 0.4) is 0 Å². The summed E-state index contributed by atoms with van der Waals surface area (Å²) in [7, 11) is 0.724. The summed E-state index contributed by atoms with van der Waals surface area (Å²) in [4.78, 5) is 13.8. The molecule has 0 spiro atoms. The Hall–Kier alpha value is -3.28. The van der Waals surface area contributed by atoms with E-state index in [0.29, 0.717) is 11.2 Å². The lowest BCUT2D eigenvalue weighted by Gasteiger charge is -2.30. The van der Waals surface area contributed by atoms with Crippen molar-refractivity contribution in [2.24, 2.45) is 14.2 Å². The van der Waals surface area contributed by atoms with E-state index in [2.05, 4.69) is 19.4 Å². The summed E-state index contributed by atoms with van der Waals surface area (Å²) in [5.74, 6) is -0.230. The third-order valence-electron chi connectivity index (χ3n) is 4.87. The van der Waals surface area contributed by atoms with Crippen LogP contribution in [0.2, 0.25) is 0 Å². The lowest BCUT2D eigenvalue weighted by Crippen LogP contribution is -2.41. The van der Waals surface area contributed by atoms with Crippen LogP contribution in [0.5, 0.6) is 5.75 Å². The predicted molar refractivity (Wildman–Crippen MR) is 126 cm³/mol. The zero-order chi connectivity index (χ0) is 23.8. The number of aromatic hydroxyl groups is 1. The molecule has 0 radical (unpaired) electrons. The van der Waals surface area contributed by atoms with Crippen molar-refractivity contribution in [3.8, 4) is 5.75 Å². The molecule has 1 aliphatic heterocycles. The lowest BCUT2D eigenvalue weighted by atomic mass is 9.85. The van der Waals surface area contributed by atoms with Crippen molar-refractivity contribution in [2.75, 3.05) is 19.4 Å². The second-order valence-corrected chi connectivity index (χ2v) is 10.0. The molecular formula is C20H26BN5O5S. The van der Waals surface area contributed by atoms with Gasteiger partial charge in [-0.05, 0) is 23.6 Å². The van der Waals surface area contributed by atoms with Gasteiger partial charge >= 0.3 is 10.2 Å². The van der Waals surface area contributed by atoms with Crippen molar-refractivity contribution < 1.29 is 22.7 Å². The molecule has 0 saturated carbocycles. The van der Waals surface area contributed by atoms with Crippen LogP contribution in [0, 0.1) is 5.41 Å². The summed E-state index contributed by atoms with van der Waals surface area (Å²) in [6, 6.07) is 6.28. The zero-order valence-corrected chi connectivity index (χ0v) is 19.6. The molecule has 1 aromatic heterocycles. The van der Waals surface area contributed by atoms with Gasteiger partial charge in [0, 0.05) is 14.1 Å². The van der Waals surface area contributed by atoms with E-state index in [0.717, 1.165) is 0 Å². The molecule has 12 heteroatoms. The van der Waals surface area contributed by atoms with Crippen molar-refractivity contribution in [1.82, 2.24) is 10.2 Å². The molecular weight excluding hydrogens is 433 g/mol. The van der Waals surface area contributed by atoms with Crippen LogP contribution in [0.15, 0.2) is 43.7 Å². The Morgan fingerprint density at radius 3 is 2.41 bits per heavy atom. The molecule has 0 aliphatic carbocycles. The van der Waals surface area contributed by atoms with Crippen molar-refractivity contribution in [3.63, 3.8) is 0 Å². The topological polar surface area (TPSA) is 137 Å². The van der Waals surface area contributed by atoms with Gasteiger partial charge in [0.25, 0.3) is 5.91 Å². The van der Waals surface area contributed by atoms with Crippen molar-refractivity contribution in [3.05, 3.63) is 41.9 Å². The molecule has 0 fully saturated rings. The molecule has 0 bridgehead atoms. The lowest BCUT2D eigenvalue weighted by molar-refractivity contribution is 0.0826. The number of furan rings is 1. The number of benzene rings is 1. The third-order valence-corrected chi connectivity index (χ3v) is 5.70. The van der Waals surface area contributed by atoms with Gasteiger partial charge in [-0.15, -0.1) is 8.80 Å². The highest BCUT2D eigenvalue weighted by Gasteiger charge is 2.34. The first kappa shape index (κ1) is 23.4. The van der Waals surface area contributed by atoms with Gasteiger partial charge in [-0.3, -0.25) is 4.79 Å². The van der Waals surface area contributed by atoms with Crippen LogP contribution in [0.25, 0.3) is 0 Å². The predicted octanol–water partition coefficient (Wildman–Crippen LogP) is 0.790. The number of phenolic OH excluding ortho intramolecular Hbond substituents is 1. The highest BCUT2D eigenvalue weighted by molar-refractivity contribution is 7.89. The number of nitrogens with one attached hydrogen (secondary N) is 2. The average molecular weight is 459 g/mol. The van der Waals surface area contributed by atoms with Crippen LogP contribution in [-0.2, 0) is 10.2 Å². The fourth-order valence-electron chi connectivity index (χ4n) is 3.24. The molecule has 32 heavy (non-hydrogen) atoms. The van der Waals surface area contributed by atoms with Gasteiger partial charge in [-0.1, -0.05) is 32.3 Å². The Kier molecular flexibility index (Phi) is 6.10. The molecule has 0 saturated heterocycles. The molecule has 2 aromatic rings. The van der Waals surface area contributed by atoms with E-state index in [-0.39, 0.29) is 40.0 Å². The summed E-state index contributed by atoms with van der Waals surface area (Å²) in [6.45, 7) is 5.89. The van der Waals surface area contributed by atoms with Gasteiger partial charge in [0.05, 0.1) is 23.6 Å². The fourth-order valence-corrected chi connectivity index (χ4v) is 4.01. The highest BCUT2D eigenvalue weighted by Crippen LogP contribution is 2.34. The normalized spacial score (nSPS) is 16.2. The number of nitrogens with zero attached hydrogens (tertiary/aromatic N) is 3. The van der Waals surface area contributed by atoms with Gasteiger partial charge < -0.3 is 25.1 Å². The van der Waals surface area contributed by atoms with E-state index in [1.54, 1.807) is 40.1 Å². The number of carbonyl (C=O) groups is 1. The Bertz CT molecular complexity index is 1200. The number of phenols is 1. The van der Waals surface area contributed by atoms with Crippen molar-refractivity contribution in [1.29, 1.82) is 0 Å². The van der Waals surface area contributed by atoms with Crippen LogP contribution >= 0.6 is 0 Å². The summed E-state index contributed by atoms with van der Waals surface area (Å²) < 4.78 is 37.2. The second kappa shape index (κ2) is 8.34. The smallest absolute Gasteiger partial charge is 0.367 e. The van der Waals surface area contributed by atoms with E-state index < -0.39 is 16.3 Å². The zero-order valence-electron chi connectivity index (χ0n) is 18.8. The molecule has 1 aromatic carbocycles. The molecule has 0 unspecified atom stereocenters. The molecule has 170 valence electrons. The summed E-state index contributed by atoms with van der Waals surface area (Å²) >= 11 is 0. The minimum Gasteiger partial charge on any atom is -0.505 e. The maximum atomic E-state index is 12.5.